The molecule has 202 valence electrons. The molecule has 1 aliphatic rings. The fourth-order valence-electron chi connectivity index (χ4n) is 5.35. The summed E-state index contributed by atoms with van der Waals surface area (Å²) in [7, 11) is 0. The largest absolute Gasteiger partial charge is 0.374 e. The molecule has 0 saturated carbocycles. The van der Waals surface area contributed by atoms with E-state index in [-0.39, 0.29) is 23.4 Å². The Kier molecular flexibility index (Phi) is 10.2. The lowest BCUT2D eigenvalue weighted by Crippen LogP contribution is -2.23. The Labute approximate surface area is 225 Å². The zero-order valence-corrected chi connectivity index (χ0v) is 22.6. The molecule has 0 aliphatic carbocycles. The number of halogens is 3. The van der Waals surface area contributed by atoms with Crippen LogP contribution in [0.25, 0.3) is 22.3 Å². The molecule has 0 radical (unpaired) electrons. The van der Waals surface area contributed by atoms with Crippen molar-refractivity contribution in [1.29, 1.82) is 0 Å². The van der Waals surface area contributed by atoms with Gasteiger partial charge in [0.1, 0.15) is 5.82 Å². The van der Waals surface area contributed by atoms with Gasteiger partial charge in [-0.05, 0) is 60.9 Å². The zero-order valence-electron chi connectivity index (χ0n) is 22.6. The Morgan fingerprint density at radius 2 is 1.47 bits per heavy atom. The Morgan fingerprint density at radius 3 is 2.13 bits per heavy atom. The minimum atomic E-state index is -0.817. The highest BCUT2D eigenvalue weighted by atomic mass is 19.2. The lowest BCUT2D eigenvalue weighted by molar-refractivity contribution is 0.0326. The summed E-state index contributed by atoms with van der Waals surface area (Å²) < 4.78 is 50.7. The molecule has 1 fully saturated rings. The van der Waals surface area contributed by atoms with Gasteiger partial charge in [0, 0.05) is 17.0 Å². The maximum atomic E-state index is 15.1. The maximum Gasteiger partial charge on any atom is 0.166 e. The Bertz CT molecular complexity index is 1210. The van der Waals surface area contributed by atoms with Crippen LogP contribution in [0.5, 0.6) is 0 Å². The average Bonchev–Trinajstić information content (AvgIpc) is 2.94. The third kappa shape index (κ3) is 6.96. The second-order valence-electron chi connectivity index (χ2n) is 10.4. The van der Waals surface area contributed by atoms with Gasteiger partial charge in [-0.15, -0.1) is 0 Å². The summed E-state index contributed by atoms with van der Waals surface area (Å²) >= 11 is 0. The van der Waals surface area contributed by atoms with Crippen LogP contribution >= 0.6 is 0 Å². The molecule has 3 aromatic carbocycles. The molecule has 0 amide bonds. The van der Waals surface area contributed by atoms with Crippen LogP contribution in [0, 0.1) is 17.5 Å². The number of hydrogen-bond donors (Lipinski definition) is 0. The molecule has 3 aromatic rings. The highest BCUT2D eigenvalue weighted by Crippen LogP contribution is 2.33. The van der Waals surface area contributed by atoms with Crippen molar-refractivity contribution in [2.24, 2.45) is 0 Å². The van der Waals surface area contributed by atoms with Gasteiger partial charge in [-0.2, -0.15) is 0 Å². The standard InChI is InChI=1S/C34H39F3O/c1-3-5-6-7-8-9-11-26-17-21-31(34(37)33(26)36)25-14-12-24(13-15-25)30-20-18-27(22-32(30)35)28-16-19-29(10-4-2)38-23-28/h4,10,12-15,17-18,20-22,28-29H,3,5-9,11,16,19,23H2,1-2H3/b10-4+. The van der Waals surface area contributed by atoms with Crippen molar-refractivity contribution in [3.63, 3.8) is 0 Å². The first kappa shape index (κ1) is 28.2. The number of rotatable bonds is 11. The van der Waals surface area contributed by atoms with E-state index in [9.17, 15) is 8.78 Å². The molecule has 0 bridgehead atoms. The highest BCUT2D eigenvalue weighted by molar-refractivity contribution is 5.71. The van der Waals surface area contributed by atoms with Gasteiger partial charge < -0.3 is 4.74 Å². The lowest BCUT2D eigenvalue weighted by atomic mass is 9.89. The molecule has 1 saturated heterocycles. The molecule has 1 nitrogen and oxygen atoms in total. The van der Waals surface area contributed by atoms with Gasteiger partial charge >= 0.3 is 0 Å². The third-order valence-corrected chi connectivity index (χ3v) is 7.65. The molecule has 0 aromatic heterocycles. The third-order valence-electron chi connectivity index (χ3n) is 7.65. The minimum absolute atomic E-state index is 0.147. The topological polar surface area (TPSA) is 9.23 Å². The van der Waals surface area contributed by atoms with Gasteiger partial charge in [0.15, 0.2) is 11.6 Å². The van der Waals surface area contributed by atoms with Crippen LogP contribution in [-0.4, -0.2) is 12.7 Å². The number of unbranched alkanes of at least 4 members (excludes halogenated alkanes) is 5. The Balaban J connectivity index is 1.41. The summed E-state index contributed by atoms with van der Waals surface area (Å²) in [6, 6.07) is 15.7. The van der Waals surface area contributed by atoms with E-state index < -0.39 is 11.6 Å². The van der Waals surface area contributed by atoms with Crippen LogP contribution in [0.15, 0.2) is 66.7 Å². The van der Waals surface area contributed by atoms with Crippen molar-refractivity contribution in [3.8, 4) is 22.3 Å². The van der Waals surface area contributed by atoms with Crippen LogP contribution in [0.2, 0.25) is 0 Å². The van der Waals surface area contributed by atoms with Crippen LogP contribution in [-0.2, 0) is 11.2 Å². The van der Waals surface area contributed by atoms with Crippen LogP contribution in [0.1, 0.15) is 82.3 Å². The molecular weight excluding hydrogens is 481 g/mol. The van der Waals surface area contributed by atoms with E-state index in [0.29, 0.717) is 35.3 Å². The second kappa shape index (κ2) is 13.8. The first-order valence-corrected chi connectivity index (χ1v) is 14.1. The molecule has 4 rings (SSSR count). The number of allylic oxidation sites excluding steroid dienone is 1. The number of benzene rings is 3. The SMILES string of the molecule is C/C=C/C1CCC(c2ccc(-c3ccc(-c4ccc(CCCCCCCC)c(F)c4F)cc3)c(F)c2)CO1. The fourth-order valence-corrected chi connectivity index (χ4v) is 5.35. The van der Waals surface area contributed by atoms with Crippen molar-refractivity contribution < 1.29 is 17.9 Å². The second-order valence-corrected chi connectivity index (χ2v) is 10.4. The molecule has 1 aliphatic heterocycles. The van der Waals surface area contributed by atoms with E-state index in [2.05, 4.69) is 13.0 Å². The Hall–Kier alpha value is -2.85. The molecule has 38 heavy (non-hydrogen) atoms. The lowest BCUT2D eigenvalue weighted by Gasteiger charge is -2.28. The molecule has 2 atom stereocenters. The van der Waals surface area contributed by atoms with E-state index in [1.165, 1.54) is 19.3 Å². The van der Waals surface area contributed by atoms with Crippen LogP contribution in [0.4, 0.5) is 13.2 Å². The van der Waals surface area contributed by atoms with Crippen LogP contribution < -0.4 is 0 Å². The molecule has 0 spiro atoms. The van der Waals surface area contributed by atoms with Gasteiger partial charge in [-0.3, -0.25) is 0 Å². The molecule has 4 heteroatoms. The smallest absolute Gasteiger partial charge is 0.166 e. The van der Waals surface area contributed by atoms with Crippen molar-refractivity contribution in [1.82, 2.24) is 0 Å². The number of aryl methyl sites for hydroxylation is 1. The van der Waals surface area contributed by atoms with Crippen molar-refractivity contribution in [2.75, 3.05) is 6.61 Å². The van der Waals surface area contributed by atoms with Gasteiger partial charge in [0.25, 0.3) is 0 Å². The van der Waals surface area contributed by atoms with Gasteiger partial charge in [0.2, 0.25) is 0 Å². The molecule has 1 heterocycles. The fraction of sp³-hybridized carbons (Fsp3) is 0.412. The van der Waals surface area contributed by atoms with E-state index >= 15 is 4.39 Å². The molecule has 0 N–H and O–H groups in total. The maximum absolute atomic E-state index is 15.1. The van der Waals surface area contributed by atoms with E-state index in [1.807, 2.05) is 19.1 Å². The summed E-state index contributed by atoms with van der Waals surface area (Å²) in [5, 5.41) is 0. The predicted octanol–water partition coefficient (Wildman–Crippen LogP) is 10.2. The predicted molar refractivity (Wildman–Crippen MR) is 151 cm³/mol. The first-order valence-electron chi connectivity index (χ1n) is 14.1. The van der Waals surface area contributed by atoms with Crippen molar-refractivity contribution >= 4 is 0 Å². The van der Waals surface area contributed by atoms with Crippen LogP contribution in [0.3, 0.4) is 0 Å². The van der Waals surface area contributed by atoms with Gasteiger partial charge in [-0.1, -0.05) is 99.7 Å². The monoisotopic (exact) mass is 520 g/mol. The van der Waals surface area contributed by atoms with Gasteiger partial charge in [0.05, 0.1) is 12.7 Å². The van der Waals surface area contributed by atoms with Gasteiger partial charge in [-0.25, -0.2) is 13.2 Å². The molecular formula is C34H39F3O. The average molecular weight is 521 g/mol. The number of ether oxygens (including phenoxy) is 1. The van der Waals surface area contributed by atoms with E-state index in [0.717, 1.165) is 37.7 Å². The van der Waals surface area contributed by atoms with E-state index in [1.54, 1.807) is 48.5 Å². The van der Waals surface area contributed by atoms with Crippen molar-refractivity contribution in [3.05, 3.63) is 95.3 Å². The molecule has 2 unspecified atom stereocenters. The van der Waals surface area contributed by atoms with E-state index in [4.69, 9.17) is 4.74 Å². The summed E-state index contributed by atoms with van der Waals surface area (Å²) in [5.74, 6) is -1.68. The first-order chi connectivity index (χ1) is 18.5. The normalized spacial score (nSPS) is 17.8. The number of hydrogen-bond acceptors (Lipinski definition) is 1. The quantitative estimate of drug-likeness (QED) is 0.180. The Morgan fingerprint density at radius 1 is 0.789 bits per heavy atom. The van der Waals surface area contributed by atoms with Crippen molar-refractivity contribution in [2.45, 2.75) is 83.7 Å². The zero-order chi connectivity index (χ0) is 26.9. The summed E-state index contributed by atoms with van der Waals surface area (Å²) in [5.41, 5.74) is 3.37. The highest BCUT2D eigenvalue weighted by Gasteiger charge is 2.22. The summed E-state index contributed by atoms with van der Waals surface area (Å²) in [6.07, 6.45) is 13.3. The summed E-state index contributed by atoms with van der Waals surface area (Å²) in [6.45, 7) is 4.75. The summed E-state index contributed by atoms with van der Waals surface area (Å²) in [4.78, 5) is 0. The minimum Gasteiger partial charge on any atom is -0.374 e.